The van der Waals surface area contributed by atoms with Crippen molar-refractivity contribution in [2.45, 2.75) is 16.2 Å². The van der Waals surface area contributed by atoms with Gasteiger partial charge >= 0.3 is 0 Å². The molecule has 0 aliphatic rings. The largest absolute Gasteiger partial charge is 0.497 e. The molecule has 0 saturated heterocycles. The number of aromatic amines is 1. The lowest BCUT2D eigenvalue weighted by atomic mass is 10.2. The lowest BCUT2D eigenvalue weighted by Crippen LogP contribution is -2.31. The Labute approximate surface area is 193 Å². The molecule has 3 rings (SSSR count). The number of fused-ring (bicyclic) bond motifs is 1. The van der Waals surface area contributed by atoms with Gasteiger partial charge in [0.2, 0.25) is 20.0 Å². The van der Waals surface area contributed by atoms with Crippen molar-refractivity contribution in [1.82, 2.24) is 14.4 Å². The predicted molar refractivity (Wildman–Crippen MR) is 123 cm³/mol. The SMILES string of the molecule is COc1ccc(S(=O)(=O)NCCCNS(=O)(=O)c2c(C(N)=O)[nH]c3ccc(Br)cc23)cc1. The monoisotopic (exact) mass is 544 g/mol. The summed E-state index contributed by atoms with van der Waals surface area (Å²) < 4.78 is 60.8. The number of ether oxygens (including phenoxy) is 1. The first-order valence-corrected chi connectivity index (χ1v) is 13.1. The molecular formula is C19H21BrN4O6S2. The van der Waals surface area contributed by atoms with E-state index in [9.17, 15) is 21.6 Å². The normalized spacial score (nSPS) is 12.2. The number of nitrogens with one attached hydrogen (secondary N) is 3. The minimum atomic E-state index is -4.11. The number of aromatic nitrogens is 1. The molecule has 0 radical (unpaired) electrons. The molecule has 0 fully saturated rings. The van der Waals surface area contributed by atoms with Gasteiger partial charge in [0.15, 0.2) is 0 Å². The Morgan fingerprint density at radius 2 is 1.66 bits per heavy atom. The number of benzene rings is 2. The third-order valence-electron chi connectivity index (χ3n) is 4.54. The van der Waals surface area contributed by atoms with Crippen LogP contribution in [0.5, 0.6) is 5.75 Å². The summed E-state index contributed by atoms with van der Waals surface area (Å²) in [5.41, 5.74) is 5.56. The van der Waals surface area contributed by atoms with E-state index < -0.39 is 26.0 Å². The van der Waals surface area contributed by atoms with Gasteiger partial charge in [0.25, 0.3) is 5.91 Å². The number of hydrogen-bond acceptors (Lipinski definition) is 6. The van der Waals surface area contributed by atoms with E-state index in [-0.39, 0.29) is 35.0 Å². The first-order chi connectivity index (χ1) is 15.0. The second-order valence-corrected chi connectivity index (χ2v) is 11.1. The number of carbonyl (C=O) groups excluding carboxylic acids is 1. The van der Waals surface area contributed by atoms with Gasteiger partial charge in [-0.2, -0.15) is 0 Å². The molecule has 3 aromatic rings. The van der Waals surface area contributed by atoms with Crippen LogP contribution in [0.15, 0.2) is 56.7 Å². The summed E-state index contributed by atoms with van der Waals surface area (Å²) >= 11 is 3.28. The molecule has 1 amide bonds. The number of amides is 1. The molecule has 13 heteroatoms. The van der Waals surface area contributed by atoms with Crippen molar-refractivity contribution < 1.29 is 26.4 Å². The van der Waals surface area contributed by atoms with Crippen molar-refractivity contribution in [3.63, 3.8) is 0 Å². The summed E-state index contributed by atoms with van der Waals surface area (Å²) in [5, 5.41) is 0.306. The van der Waals surface area contributed by atoms with Gasteiger partial charge in [-0.15, -0.1) is 0 Å². The minimum absolute atomic E-state index is 0.00100. The van der Waals surface area contributed by atoms with E-state index in [0.717, 1.165) is 0 Å². The minimum Gasteiger partial charge on any atom is -0.497 e. The molecule has 0 unspecified atom stereocenters. The van der Waals surface area contributed by atoms with Crippen LogP contribution in [0.25, 0.3) is 10.9 Å². The van der Waals surface area contributed by atoms with Crippen LogP contribution in [0.3, 0.4) is 0 Å². The quantitative estimate of drug-likeness (QED) is 0.284. The van der Waals surface area contributed by atoms with Crippen LogP contribution < -0.4 is 19.9 Å². The number of primary amides is 1. The van der Waals surface area contributed by atoms with Crippen molar-refractivity contribution in [2.24, 2.45) is 5.73 Å². The summed E-state index contributed by atoms with van der Waals surface area (Å²) in [6.07, 6.45) is 0.173. The van der Waals surface area contributed by atoms with Crippen LogP contribution in [0, 0.1) is 0 Å². The molecule has 0 aliphatic carbocycles. The molecule has 0 saturated carbocycles. The molecule has 2 aromatic carbocycles. The Kier molecular flexibility index (Phi) is 7.25. The van der Waals surface area contributed by atoms with Crippen LogP contribution in [0.4, 0.5) is 0 Å². The zero-order valence-corrected chi connectivity index (χ0v) is 20.1. The van der Waals surface area contributed by atoms with Gasteiger partial charge in [-0.25, -0.2) is 26.3 Å². The Bertz CT molecular complexity index is 1350. The zero-order chi connectivity index (χ0) is 23.5. The lowest BCUT2D eigenvalue weighted by Gasteiger charge is -2.09. The number of methoxy groups -OCH3 is 1. The summed E-state index contributed by atoms with van der Waals surface area (Å²) in [7, 11) is -6.38. The van der Waals surface area contributed by atoms with E-state index in [0.29, 0.717) is 21.1 Å². The summed E-state index contributed by atoms with van der Waals surface area (Å²) in [6, 6.07) is 10.8. The van der Waals surface area contributed by atoms with Gasteiger partial charge in [-0.1, -0.05) is 15.9 Å². The second-order valence-electron chi connectivity index (χ2n) is 6.71. The van der Waals surface area contributed by atoms with E-state index in [1.54, 1.807) is 18.2 Å². The fraction of sp³-hybridized carbons (Fsp3) is 0.211. The Morgan fingerprint density at radius 1 is 1.03 bits per heavy atom. The Morgan fingerprint density at radius 3 is 2.25 bits per heavy atom. The molecule has 0 spiro atoms. The third kappa shape index (κ3) is 5.30. The second kappa shape index (κ2) is 9.58. The highest BCUT2D eigenvalue weighted by Gasteiger charge is 2.27. The van der Waals surface area contributed by atoms with Crippen LogP contribution >= 0.6 is 15.9 Å². The zero-order valence-electron chi connectivity index (χ0n) is 16.9. The highest BCUT2D eigenvalue weighted by Crippen LogP contribution is 2.29. The molecule has 0 atom stereocenters. The summed E-state index contributed by atoms with van der Waals surface area (Å²) in [5.74, 6) is -0.386. The highest BCUT2D eigenvalue weighted by atomic mass is 79.9. The van der Waals surface area contributed by atoms with Gasteiger partial charge in [-0.05, 0) is 48.9 Å². The maximum absolute atomic E-state index is 12.9. The predicted octanol–water partition coefficient (Wildman–Crippen LogP) is 1.68. The first-order valence-electron chi connectivity index (χ1n) is 9.29. The number of rotatable bonds is 10. The topological polar surface area (TPSA) is 160 Å². The van der Waals surface area contributed by atoms with Gasteiger partial charge in [0.1, 0.15) is 16.3 Å². The van der Waals surface area contributed by atoms with E-state index >= 15 is 0 Å². The molecule has 32 heavy (non-hydrogen) atoms. The number of halogens is 1. The Hall–Kier alpha value is -2.45. The molecule has 0 bridgehead atoms. The van der Waals surface area contributed by atoms with Crippen LogP contribution in [-0.4, -0.2) is 47.9 Å². The third-order valence-corrected chi connectivity index (χ3v) is 8.05. The van der Waals surface area contributed by atoms with Crippen LogP contribution in [0.2, 0.25) is 0 Å². The van der Waals surface area contributed by atoms with Gasteiger partial charge in [0.05, 0.1) is 12.0 Å². The van der Waals surface area contributed by atoms with Gasteiger partial charge in [-0.3, -0.25) is 4.79 Å². The van der Waals surface area contributed by atoms with Crippen molar-refractivity contribution in [3.05, 3.63) is 52.6 Å². The van der Waals surface area contributed by atoms with E-state index in [2.05, 4.69) is 30.4 Å². The molecule has 10 nitrogen and oxygen atoms in total. The maximum Gasteiger partial charge on any atom is 0.266 e. The number of hydrogen-bond donors (Lipinski definition) is 4. The lowest BCUT2D eigenvalue weighted by molar-refractivity contribution is 0.0993. The molecule has 5 N–H and O–H groups in total. The average molecular weight is 545 g/mol. The van der Waals surface area contributed by atoms with Crippen molar-refractivity contribution in [3.8, 4) is 5.75 Å². The summed E-state index contributed by atoms with van der Waals surface area (Å²) in [4.78, 5) is 14.3. The van der Waals surface area contributed by atoms with Crippen LogP contribution in [0.1, 0.15) is 16.9 Å². The van der Waals surface area contributed by atoms with Crippen molar-refractivity contribution in [2.75, 3.05) is 20.2 Å². The average Bonchev–Trinajstić information content (AvgIpc) is 3.13. The van der Waals surface area contributed by atoms with Gasteiger partial charge < -0.3 is 15.5 Å². The summed E-state index contributed by atoms with van der Waals surface area (Å²) in [6.45, 7) is -0.0642. The number of nitrogens with two attached hydrogens (primary N) is 1. The van der Waals surface area contributed by atoms with E-state index in [1.165, 1.54) is 31.4 Å². The number of sulfonamides is 2. The number of H-pyrrole nitrogens is 1. The number of carbonyl (C=O) groups is 1. The first kappa shape index (κ1) is 24.2. The highest BCUT2D eigenvalue weighted by molar-refractivity contribution is 9.10. The van der Waals surface area contributed by atoms with E-state index in [1.807, 2.05) is 0 Å². The maximum atomic E-state index is 12.9. The molecule has 0 aliphatic heterocycles. The smallest absolute Gasteiger partial charge is 0.266 e. The van der Waals surface area contributed by atoms with Crippen molar-refractivity contribution in [1.29, 1.82) is 0 Å². The fourth-order valence-electron chi connectivity index (χ4n) is 3.00. The molecular weight excluding hydrogens is 524 g/mol. The van der Waals surface area contributed by atoms with Gasteiger partial charge in [0, 0.05) is 28.5 Å². The standard InChI is InChI=1S/C19H21BrN4O6S2/c1-30-13-4-6-14(7-5-13)31(26,27)22-9-2-10-23-32(28,29)18-15-11-12(20)3-8-16(15)24-17(18)19(21)25/h3-8,11,22-24H,2,9-10H2,1H3,(H2,21,25). The Balaban J connectivity index is 1.66. The van der Waals surface area contributed by atoms with Crippen molar-refractivity contribution >= 4 is 52.8 Å². The van der Waals surface area contributed by atoms with E-state index in [4.69, 9.17) is 10.5 Å². The fourth-order valence-corrected chi connectivity index (χ4v) is 5.88. The molecule has 1 heterocycles. The van der Waals surface area contributed by atoms with Crippen LogP contribution in [-0.2, 0) is 20.0 Å². The molecule has 172 valence electrons. The molecule has 1 aromatic heterocycles.